The molecule has 160 valence electrons. The van der Waals surface area contributed by atoms with Gasteiger partial charge in [0.15, 0.2) is 0 Å². The van der Waals surface area contributed by atoms with Crippen LogP contribution >= 0.6 is 0 Å². The molecular weight excluding hydrogens is 394 g/mol. The number of hydrogen-bond donors (Lipinski definition) is 4. The lowest BCUT2D eigenvalue weighted by Gasteiger charge is -2.37. The van der Waals surface area contributed by atoms with E-state index in [1.54, 1.807) is 0 Å². The third-order valence-electron chi connectivity index (χ3n) is 4.79. The molecule has 2 unspecified atom stereocenters. The van der Waals surface area contributed by atoms with Crippen molar-refractivity contribution in [3.8, 4) is 0 Å². The van der Waals surface area contributed by atoms with Crippen molar-refractivity contribution in [3.63, 3.8) is 0 Å². The molecule has 0 radical (unpaired) electrons. The van der Waals surface area contributed by atoms with E-state index in [4.69, 9.17) is 9.84 Å². The Morgan fingerprint density at radius 1 is 1.27 bits per heavy atom. The fourth-order valence-electron chi connectivity index (χ4n) is 3.15. The third kappa shape index (κ3) is 4.57. The fraction of sp³-hybridized carbons (Fsp3) is 0.333. The fourth-order valence-corrected chi connectivity index (χ4v) is 3.15. The van der Waals surface area contributed by atoms with Crippen LogP contribution < -0.4 is 5.32 Å². The number of carbonyl (C=O) groups excluding carboxylic acids is 2. The van der Waals surface area contributed by atoms with Crippen LogP contribution in [0.1, 0.15) is 46.5 Å². The summed E-state index contributed by atoms with van der Waals surface area (Å²) in [6.45, 7) is 3.65. The maximum Gasteiger partial charge on any atom is 0.338 e. The molecule has 0 saturated heterocycles. The van der Waals surface area contributed by atoms with Crippen molar-refractivity contribution in [3.05, 3.63) is 58.7 Å². The van der Waals surface area contributed by atoms with Gasteiger partial charge < -0.3 is 25.4 Å². The van der Waals surface area contributed by atoms with E-state index in [0.717, 1.165) is 6.42 Å². The quantitative estimate of drug-likeness (QED) is 0.527. The number of aliphatic hydroxyl groups is 1. The van der Waals surface area contributed by atoms with Crippen LogP contribution in [0.15, 0.2) is 42.0 Å². The lowest BCUT2D eigenvalue weighted by Crippen LogP contribution is -2.57. The van der Waals surface area contributed by atoms with Crippen molar-refractivity contribution >= 4 is 23.8 Å². The highest BCUT2D eigenvalue weighted by Crippen LogP contribution is 2.32. The van der Waals surface area contributed by atoms with E-state index >= 15 is 0 Å². The van der Waals surface area contributed by atoms with Crippen LogP contribution in [-0.2, 0) is 20.9 Å². The first-order chi connectivity index (χ1) is 14.2. The van der Waals surface area contributed by atoms with Crippen LogP contribution in [0.3, 0.4) is 0 Å². The molecule has 0 saturated carbocycles. The number of ether oxygens (including phenoxy) is 1. The molecule has 2 atom stereocenters. The summed E-state index contributed by atoms with van der Waals surface area (Å²) < 4.78 is 4.88. The predicted octanol–water partition coefficient (Wildman–Crippen LogP) is 1.52. The molecular formula is C21H23NO8. The second-order valence-corrected chi connectivity index (χ2v) is 6.91. The van der Waals surface area contributed by atoms with E-state index < -0.39 is 35.3 Å². The summed E-state index contributed by atoms with van der Waals surface area (Å²) in [5, 5.41) is 29.3. The molecule has 0 fully saturated rings. The van der Waals surface area contributed by atoms with Gasteiger partial charge in [0.2, 0.25) is 0 Å². The zero-order chi connectivity index (χ0) is 22.5. The SMILES string of the molecule is CC1(NC(=O)c2ccc3c(c2)COC3=O)C(C(=O)O)=CC=CC1C(=O)O.CCCO. The molecule has 1 aromatic rings. The second-order valence-electron chi connectivity index (χ2n) is 6.91. The Bertz CT molecular complexity index is 931. The predicted molar refractivity (Wildman–Crippen MR) is 105 cm³/mol. The summed E-state index contributed by atoms with van der Waals surface area (Å²) in [4.78, 5) is 47.3. The molecule has 1 aromatic carbocycles. The Hall–Kier alpha value is -3.46. The first-order valence-electron chi connectivity index (χ1n) is 9.24. The highest BCUT2D eigenvalue weighted by molar-refractivity contribution is 6.01. The largest absolute Gasteiger partial charge is 0.481 e. The topological polar surface area (TPSA) is 150 Å². The number of carboxylic acids is 2. The number of hydrogen-bond acceptors (Lipinski definition) is 6. The Balaban J connectivity index is 0.000000735. The van der Waals surface area contributed by atoms with Crippen molar-refractivity contribution < 1.29 is 39.2 Å². The maximum atomic E-state index is 12.7. The Morgan fingerprint density at radius 3 is 2.50 bits per heavy atom. The van der Waals surface area contributed by atoms with Gasteiger partial charge in [-0.15, -0.1) is 0 Å². The summed E-state index contributed by atoms with van der Waals surface area (Å²) >= 11 is 0. The Kier molecular flexibility index (Phi) is 7.12. The van der Waals surface area contributed by atoms with Crippen LogP contribution in [0.2, 0.25) is 0 Å². The number of aliphatic hydroxyl groups excluding tert-OH is 1. The third-order valence-corrected chi connectivity index (χ3v) is 4.79. The second kappa shape index (κ2) is 9.36. The van der Waals surface area contributed by atoms with E-state index in [-0.39, 0.29) is 17.7 Å². The molecule has 2 aliphatic rings. The van der Waals surface area contributed by atoms with E-state index in [1.165, 1.54) is 43.4 Å². The van der Waals surface area contributed by atoms with Gasteiger partial charge in [0, 0.05) is 17.7 Å². The molecule has 9 heteroatoms. The molecule has 0 spiro atoms. The zero-order valence-corrected chi connectivity index (χ0v) is 16.5. The number of allylic oxidation sites excluding steroid dienone is 2. The number of nitrogens with one attached hydrogen (secondary N) is 1. The molecule has 3 rings (SSSR count). The number of cyclic esters (lactones) is 1. The van der Waals surface area contributed by atoms with Gasteiger partial charge in [0.25, 0.3) is 5.91 Å². The molecule has 30 heavy (non-hydrogen) atoms. The van der Waals surface area contributed by atoms with Crippen molar-refractivity contribution in [1.29, 1.82) is 0 Å². The van der Waals surface area contributed by atoms with Crippen LogP contribution in [0.25, 0.3) is 0 Å². The van der Waals surface area contributed by atoms with Crippen molar-refractivity contribution in [2.45, 2.75) is 32.4 Å². The minimum absolute atomic E-state index is 0.0489. The standard InChI is InChI=1S/C18H15NO7.C3H8O/c1-18(12(15(21)22)3-2-4-13(18)16(23)24)19-14(20)9-5-6-11-10(7-9)8-26-17(11)25;1-2-3-4/h2-7,12H,8H2,1H3,(H,19,20)(H,21,22)(H,23,24);4H,2-3H2,1H3. The number of carboxylic acid groups (broad SMARTS) is 2. The van der Waals surface area contributed by atoms with Gasteiger partial charge in [-0.2, -0.15) is 0 Å². The smallest absolute Gasteiger partial charge is 0.338 e. The van der Waals surface area contributed by atoms with E-state index in [2.05, 4.69) is 5.32 Å². The van der Waals surface area contributed by atoms with Gasteiger partial charge in [-0.3, -0.25) is 9.59 Å². The summed E-state index contributed by atoms with van der Waals surface area (Å²) in [5.41, 5.74) is -0.801. The van der Waals surface area contributed by atoms with Crippen LogP contribution in [0.5, 0.6) is 0 Å². The lowest BCUT2D eigenvalue weighted by molar-refractivity contribution is -0.142. The van der Waals surface area contributed by atoms with E-state index in [0.29, 0.717) is 17.7 Å². The van der Waals surface area contributed by atoms with Gasteiger partial charge in [0.1, 0.15) is 12.5 Å². The van der Waals surface area contributed by atoms with Gasteiger partial charge in [-0.25, -0.2) is 9.59 Å². The van der Waals surface area contributed by atoms with Crippen molar-refractivity contribution in [2.75, 3.05) is 6.61 Å². The molecule has 1 aliphatic carbocycles. The maximum absolute atomic E-state index is 12.7. The van der Waals surface area contributed by atoms with Gasteiger partial charge in [-0.05, 0) is 37.6 Å². The lowest BCUT2D eigenvalue weighted by atomic mass is 9.75. The number of rotatable bonds is 5. The highest BCUT2D eigenvalue weighted by Gasteiger charge is 2.46. The molecule has 0 aromatic heterocycles. The Morgan fingerprint density at radius 2 is 1.93 bits per heavy atom. The van der Waals surface area contributed by atoms with Gasteiger partial charge in [-0.1, -0.05) is 19.1 Å². The first-order valence-corrected chi connectivity index (χ1v) is 9.24. The monoisotopic (exact) mass is 417 g/mol. The van der Waals surface area contributed by atoms with E-state index in [1.807, 2.05) is 6.92 Å². The van der Waals surface area contributed by atoms with E-state index in [9.17, 15) is 29.4 Å². The average molecular weight is 417 g/mol. The first kappa shape index (κ1) is 22.8. The molecule has 9 nitrogen and oxygen atoms in total. The minimum atomic E-state index is -1.64. The summed E-state index contributed by atoms with van der Waals surface area (Å²) in [6.07, 6.45) is 4.80. The number of carbonyl (C=O) groups is 4. The van der Waals surface area contributed by atoms with Crippen LogP contribution in [-0.4, -0.2) is 51.3 Å². The number of aliphatic carboxylic acids is 2. The number of esters is 1. The summed E-state index contributed by atoms with van der Waals surface area (Å²) in [5.74, 6) is -4.95. The summed E-state index contributed by atoms with van der Waals surface area (Å²) in [7, 11) is 0. The van der Waals surface area contributed by atoms with Crippen LogP contribution in [0.4, 0.5) is 0 Å². The number of amides is 1. The number of fused-ring (bicyclic) bond motifs is 1. The average Bonchev–Trinajstić information content (AvgIpc) is 3.07. The van der Waals surface area contributed by atoms with Gasteiger partial charge >= 0.3 is 17.9 Å². The Labute approximate surface area is 172 Å². The zero-order valence-electron chi connectivity index (χ0n) is 16.5. The minimum Gasteiger partial charge on any atom is -0.481 e. The van der Waals surface area contributed by atoms with Crippen molar-refractivity contribution in [2.24, 2.45) is 5.92 Å². The van der Waals surface area contributed by atoms with Crippen LogP contribution in [0, 0.1) is 5.92 Å². The normalized spacial score (nSPS) is 21.5. The number of benzene rings is 1. The molecule has 1 aliphatic heterocycles. The van der Waals surface area contributed by atoms with Crippen molar-refractivity contribution in [1.82, 2.24) is 5.32 Å². The van der Waals surface area contributed by atoms with Gasteiger partial charge in [0.05, 0.1) is 16.7 Å². The molecule has 1 amide bonds. The summed E-state index contributed by atoms with van der Waals surface area (Å²) in [6, 6.07) is 4.32. The molecule has 0 bridgehead atoms. The molecule has 1 heterocycles. The highest BCUT2D eigenvalue weighted by atomic mass is 16.5. The molecule has 4 N–H and O–H groups in total.